The van der Waals surface area contributed by atoms with E-state index in [0.717, 1.165) is 19.4 Å². The molecule has 17 heavy (non-hydrogen) atoms. The van der Waals surface area contributed by atoms with Gasteiger partial charge in [-0.2, -0.15) is 0 Å². The molecule has 1 aliphatic heterocycles. The van der Waals surface area contributed by atoms with Crippen LogP contribution in [0.5, 0.6) is 0 Å². The lowest BCUT2D eigenvalue weighted by molar-refractivity contribution is -0.143. The minimum atomic E-state index is -1.12. The molecule has 2 atom stereocenters. The number of carboxylic acids is 1. The monoisotopic (exact) mass is 244 g/mol. The summed E-state index contributed by atoms with van der Waals surface area (Å²) in [6.45, 7) is 2.28. The smallest absolute Gasteiger partial charge is 0.326 e. The van der Waals surface area contributed by atoms with Crippen molar-refractivity contribution in [2.45, 2.75) is 44.2 Å². The number of carbonyl (C=O) groups is 2. The molecule has 1 amide bonds. The first-order chi connectivity index (χ1) is 7.99. The molecule has 1 heterocycles. The van der Waals surface area contributed by atoms with E-state index >= 15 is 0 Å². The average Bonchev–Trinajstić information content (AvgIpc) is 2.29. The van der Waals surface area contributed by atoms with Crippen molar-refractivity contribution in [2.24, 2.45) is 0 Å². The highest BCUT2D eigenvalue weighted by Crippen LogP contribution is 2.19. The van der Waals surface area contributed by atoms with E-state index in [-0.39, 0.29) is 18.9 Å². The van der Waals surface area contributed by atoms with Gasteiger partial charge in [0.2, 0.25) is 5.91 Å². The molecule has 98 valence electrons. The molecule has 0 aromatic rings. The molecule has 0 saturated carbocycles. The van der Waals surface area contributed by atoms with Crippen LogP contribution < -0.4 is 10.6 Å². The SMILES string of the molecule is CC1(C(=O)N[C@@H](CCO)C(=O)O)CCCCN1. The summed E-state index contributed by atoms with van der Waals surface area (Å²) in [5, 5.41) is 23.2. The minimum absolute atomic E-state index is 0.0250. The highest BCUT2D eigenvalue weighted by atomic mass is 16.4. The molecule has 1 saturated heterocycles. The number of aliphatic hydroxyl groups excluding tert-OH is 1. The molecule has 1 rings (SSSR count). The van der Waals surface area contributed by atoms with Crippen LogP contribution in [-0.2, 0) is 9.59 Å². The Hall–Kier alpha value is -1.14. The summed E-state index contributed by atoms with van der Waals surface area (Å²) in [5.74, 6) is -1.43. The van der Waals surface area contributed by atoms with Crippen molar-refractivity contribution in [3.63, 3.8) is 0 Å². The van der Waals surface area contributed by atoms with E-state index in [1.54, 1.807) is 6.92 Å². The van der Waals surface area contributed by atoms with E-state index in [1.807, 2.05) is 0 Å². The van der Waals surface area contributed by atoms with Gasteiger partial charge in [0.05, 0.1) is 5.54 Å². The van der Waals surface area contributed by atoms with Gasteiger partial charge in [0.1, 0.15) is 6.04 Å². The van der Waals surface area contributed by atoms with E-state index < -0.39 is 17.6 Å². The summed E-state index contributed by atoms with van der Waals surface area (Å²) in [5.41, 5.74) is -0.693. The van der Waals surface area contributed by atoms with E-state index in [4.69, 9.17) is 10.2 Å². The minimum Gasteiger partial charge on any atom is -0.480 e. The second kappa shape index (κ2) is 5.97. The van der Waals surface area contributed by atoms with Crippen molar-refractivity contribution in [1.82, 2.24) is 10.6 Å². The van der Waals surface area contributed by atoms with Crippen molar-refractivity contribution in [1.29, 1.82) is 0 Å². The first kappa shape index (κ1) is 13.9. The van der Waals surface area contributed by atoms with E-state index in [9.17, 15) is 9.59 Å². The quantitative estimate of drug-likeness (QED) is 0.521. The fraction of sp³-hybridized carbons (Fsp3) is 0.818. The first-order valence-electron chi connectivity index (χ1n) is 5.89. The number of aliphatic hydroxyl groups is 1. The number of amides is 1. The van der Waals surface area contributed by atoms with Crippen LogP contribution in [0.2, 0.25) is 0 Å². The Kier molecular flexibility index (Phi) is 4.89. The summed E-state index contributed by atoms with van der Waals surface area (Å²) >= 11 is 0. The molecular weight excluding hydrogens is 224 g/mol. The Bertz CT molecular complexity index is 287. The zero-order chi connectivity index (χ0) is 12.9. The number of carbonyl (C=O) groups excluding carboxylic acids is 1. The van der Waals surface area contributed by atoms with Crippen LogP contribution in [0.15, 0.2) is 0 Å². The topological polar surface area (TPSA) is 98.7 Å². The molecule has 0 bridgehead atoms. The average molecular weight is 244 g/mol. The van der Waals surface area contributed by atoms with Gasteiger partial charge >= 0.3 is 5.97 Å². The Labute approximate surface area is 100 Å². The molecule has 0 aromatic carbocycles. The number of aliphatic carboxylic acids is 1. The summed E-state index contributed by atoms with van der Waals surface area (Å²) in [6, 6.07) is -1.02. The maximum Gasteiger partial charge on any atom is 0.326 e. The molecule has 1 unspecified atom stereocenters. The van der Waals surface area contributed by atoms with Gasteiger partial charge in [-0.05, 0) is 32.7 Å². The van der Waals surface area contributed by atoms with Crippen LogP contribution in [0, 0.1) is 0 Å². The predicted molar refractivity (Wildman–Crippen MR) is 61.5 cm³/mol. The van der Waals surface area contributed by atoms with E-state index in [0.29, 0.717) is 6.42 Å². The van der Waals surface area contributed by atoms with Gasteiger partial charge in [-0.3, -0.25) is 4.79 Å². The van der Waals surface area contributed by atoms with Crippen LogP contribution in [0.1, 0.15) is 32.6 Å². The summed E-state index contributed by atoms with van der Waals surface area (Å²) in [7, 11) is 0. The Balaban J connectivity index is 2.59. The molecule has 0 spiro atoms. The van der Waals surface area contributed by atoms with Crippen molar-refractivity contribution in [3.05, 3.63) is 0 Å². The maximum atomic E-state index is 12.0. The number of carboxylic acid groups (broad SMARTS) is 1. The van der Waals surface area contributed by atoms with Gasteiger partial charge < -0.3 is 20.8 Å². The lowest BCUT2D eigenvalue weighted by Crippen LogP contribution is -2.59. The third-order valence-corrected chi connectivity index (χ3v) is 3.14. The van der Waals surface area contributed by atoms with Crippen LogP contribution in [0.3, 0.4) is 0 Å². The van der Waals surface area contributed by atoms with Gasteiger partial charge in [0, 0.05) is 13.0 Å². The van der Waals surface area contributed by atoms with Gasteiger partial charge in [-0.25, -0.2) is 4.79 Å². The maximum absolute atomic E-state index is 12.0. The van der Waals surface area contributed by atoms with Crippen LogP contribution >= 0.6 is 0 Å². The van der Waals surface area contributed by atoms with Crippen LogP contribution in [0.4, 0.5) is 0 Å². The van der Waals surface area contributed by atoms with Crippen LogP contribution in [0.25, 0.3) is 0 Å². The zero-order valence-electron chi connectivity index (χ0n) is 10.0. The highest BCUT2D eigenvalue weighted by Gasteiger charge is 2.36. The van der Waals surface area contributed by atoms with Crippen molar-refractivity contribution >= 4 is 11.9 Å². The normalized spacial score (nSPS) is 26.2. The molecule has 0 radical (unpaired) electrons. The third-order valence-electron chi connectivity index (χ3n) is 3.14. The fourth-order valence-corrected chi connectivity index (χ4v) is 1.95. The predicted octanol–water partition coefficient (Wildman–Crippen LogP) is -0.530. The second-order valence-corrected chi connectivity index (χ2v) is 4.59. The summed E-state index contributed by atoms with van der Waals surface area (Å²) < 4.78 is 0. The van der Waals surface area contributed by atoms with E-state index in [2.05, 4.69) is 10.6 Å². The number of rotatable bonds is 5. The molecule has 1 fully saturated rings. The molecule has 6 heteroatoms. The summed E-state index contributed by atoms with van der Waals surface area (Å²) in [6.07, 6.45) is 2.71. The van der Waals surface area contributed by atoms with E-state index in [1.165, 1.54) is 0 Å². The van der Waals surface area contributed by atoms with Gasteiger partial charge in [-0.1, -0.05) is 0 Å². The Morgan fingerprint density at radius 2 is 2.18 bits per heavy atom. The zero-order valence-corrected chi connectivity index (χ0v) is 10.0. The standard InChI is InChI=1S/C11H20N2O4/c1-11(5-2-3-6-12-11)10(17)13-8(4-7-14)9(15)16/h8,12,14H,2-7H2,1H3,(H,13,17)(H,15,16)/t8-,11?/m0/s1. The lowest BCUT2D eigenvalue weighted by Gasteiger charge is -2.34. The largest absolute Gasteiger partial charge is 0.480 e. The van der Waals surface area contributed by atoms with Crippen molar-refractivity contribution < 1.29 is 19.8 Å². The van der Waals surface area contributed by atoms with Gasteiger partial charge in [0.15, 0.2) is 0 Å². The van der Waals surface area contributed by atoms with Crippen molar-refractivity contribution in [2.75, 3.05) is 13.2 Å². The van der Waals surface area contributed by atoms with Gasteiger partial charge in [0.25, 0.3) is 0 Å². The number of nitrogens with one attached hydrogen (secondary N) is 2. The first-order valence-corrected chi connectivity index (χ1v) is 5.89. The molecule has 0 aliphatic carbocycles. The molecule has 6 nitrogen and oxygen atoms in total. The lowest BCUT2D eigenvalue weighted by atomic mass is 9.89. The Morgan fingerprint density at radius 1 is 1.47 bits per heavy atom. The molecule has 0 aromatic heterocycles. The van der Waals surface area contributed by atoms with Crippen LogP contribution in [-0.4, -0.2) is 46.8 Å². The fourth-order valence-electron chi connectivity index (χ4n) is 1.95. The summed E-state index contributed by atoms with van der Waals surface area (Å²) in [4.78, 5) is 22.9. The van der Waals surface area contributed by atoms with Crippen molar-refractivity contribution in [3.8, 4) is 0 Å². The number of hydrogen-bond acceptors (Lipinski definition) is 4. The molecule has 4 N–H and O–H groups in total. The Morgan fingerprint density at radius 3 is 2.65 bits per heavy atom. The highest BCUT2D eigenvalue weighted by molar-refractivity contribution is 5.89. The third kappa shape index (κ3) is 3.67. The van der Waals surface area contributed by atoms with Gasteiger partial charge in [-0.15, -0.1) is 0 Å². The molecule has 1 aliphatic rings. The second-order valence-electron chi connectivity index (χ2n) is 4.59. The molecular formula is C11H20N2O4. The number of piperidine rings is 1. The number of hydrogen-bond donors (Lipinski definition) is 4.